The van der Waals surface area contributed by atoms with E-state index in [2.05, 4.69) is 12.0 Å². The highest BCUT2D eigenvalue weighted by Crippen LogP contribution is 2.28. The highest BCUT2D eigenvalue weighted by atomic mass is 32.2. The Hall–Kier alpha value is -2.25. The van der Waals surface area contributed by atoms with Gasteiger partial charge >= 0.3 is 0 Å². The lowest BCUT2D eigenvalue weighted by molar-refractivity contribution is 0.418. The number of nitrogens with zero attached hydrogens (tertiary/aromatic N) is 1. The molecule has 0 unspecified atom stereocenters. The van der Waals surface area contributed by atoms with Gasteiger partial charge in [-0.3, -0.25) is 0 Å². The van der Waals surface area contributed by atoms with Crippen LogP contribution in [0.25, 0.3) is 0 Å². The Morgan fingerprint density at radius 3 is 2.21 bits per heavy atom. The number of hydrogen-bond donors (Lipinski definition) is 0. The summed E-state index contributed by atoms with van der Waals surface area (Å²) >= 11 is 0. The van der Waals surface area contributed by atoms with E-state index < -0.39 is 10.0 Å². The summed E-state index contributed by atoms with van der Waals surface area (Å²) in [5.74, 6) is 3.01. The van der Waals surface area contributed by atoms with Gasteiger partial charge in [-0.25, -0.2) is 12.7 Å². The smallest absolute Gasteiger partial charge is 0.221 e. The molecule has 124 valence electrons. The van der Waals surface area contributed by atoms with Crippen LogP contribution in [0.1, 0.15) is 36.8 Å². The maximum absolute atomic E-state index is 13.1. The minimum absolute atomic E-state index is 0.0347. The van der Waals surface area contributed by atoms with Gasteiger partial charge in [-0.05, 0) is 50.0 Å². The Balaban J connectivity index is 1.98. The summed E-state index contributed by atoms with van der Waals surface area (Å²) in [6, 6.07) is 19.4. The molecule has 1 fully saturated rings. The molecule has 0 saturated heterocycles. The quantitative estimate of drug-likeness (QED) is 0.627. The molecule has 1 aliphatic rings. The van der Waals surface area contributed by atoms with Gasteiger partial charge in [0.15, 0.2) is 0 Å². The first-order valence-electron chi connectivity index (χ1n) is 8.25. The standard InChI is InChI=1S/C20H21NO2S/c1-17-11-13-20(14-12-17)24(22,23)21(19-9-5-6-10-19)16-15-18-7-3-2-4-8-18/h2-4,7-8,11-14,19H,5-6,9-10H2,1H3. The molecule has 0 amide bonds. The van der Waals surface area contributed by atoms with E-state index in [0.29, 0.717) is 4.90 Å². The fourth-order valence-corrected chi connectivity index (χ4v) is 4.43. The average molecular weight is 339 g/mol. The lowest BCUT2D eigenvalue weighted by Crippen LogP contribution is -2.34. The molecule has 2 aromatic carbocycles. The SMILES string of the molecule is Cc1ccc(S(=O)(=O)N(C#Cc2ccccc2)C2CCCC2)cc1. The molecule has 0 heterocycles. The largest absolute Gasteiger partial charge is 0.271 e. The van der Waals surface area contributed by atoms with Crippen LogP contribution in [0.3, 0.4) is 0 Å². The molecule has 0 aliphatic heterocycles. The Morgan fingerprint density at radius 1 is 0.958 bits per heavy atom. The van der Waals surface area contributed by atoms with Crippen molar-refractivity contribution in [2.24, 2.45) is 0 Å². The number of benzene rings is 2. The summed E-state index contributed by atoms with van der Waals surface area (Å²) in [7, 11) is -3.61. The molecule has 0 aromatic heterocycles. The summed E-state index contributed by atoms with van der Waals surface area (Å²) < 4.78 is 27.5. The highest BCUT2D eigenvalue weighted by Gasteiger charge is 2.31. The second-order valence-corrected chi connectivity index (χ2v) is 7.97. The topological polar surface area (TPSA) is 37.4 Å². The molecule has 0 bridgehead atoms. The van der Waals surface area contributed by atoms with Crippen LogP contribution < -0.4 is 0 Å². The monoisotopic (exact) mass is 339 g/mol. The van der Waals surface area contributed by atoms with Crippen LogP contribution in [-0.2, 0) is 10.0 Å². The van der Waals surface area contributed by atoms with Crippen molar-refractivity contribution in [3.05, 3.63) is 65.7 Å². The Bertz CT molecular complexity index is 840. The zero-order valence-corrected chi connectivity index (χ0v) is 14.6. The van der Waals surface area contributed by atoms with Crippen molar-refractivity contribution < 1.29 is 8.42 Å². The lowest BCUT2D eigenvalue weighted by Gasteiger charge is -2.24. The van der Waals surface area contributed by atoms with Crippen molar-refractivity contribution in [2.75, 3.05) is 0 Å². The molecule has 0 N–H and O–H groups in total. The van der Waals surface area contributed by atoms with Gasteiger partial charge in [0.2, 0.25) is 0 Å². The third kappa shape index (κ3) is 3.63. The van der Waals surface area contributed by atoms with Gasteiger partial charge in [0.1, 0.15) is 0 Å². The Labute approximate surface area is 144 Å². The van der Waals surface area contributed by atoms with Crippen LogP contribution >= 0.6 is 0 Å². The van der Waals surface area contributed by atoms with Crippen molar-refractivity contribution >= 4 is 10.0 Å². The predicted octanol–water partition coefficient (Wildman–Crippen LogP) is 3.94. The zero-order valence-electron chi connectivity index (χ0n) is 13.8. The molecule has 0 radical (unpaired) electrons. The maximum atomic E-state index is 13.1. The summed E-state index contributed by atoms with van der Waals surface area (Å²) in [6.45, 7) is 1.94. The zero-order chi connectivity index (χ0) is 17.0. The van der Waals surface area contributed by atoms with Gasteiger partial charge in [0.25, 0.3) is 10.0 Å². The Kier molecular flexibility index (Phi) is 4.92. The first-order chi connectivity index (χ1) is 11.6. The van der Waals surface area contributed by atoms with Gasteiger partial charge in [-0.15, -0.1) is 0 Å². The first kappa shape index (κ1) is 16.6. The third-order valence-corrected chi connectivity index (χ3v) is 6.09. The van der Waals surface area contributed by atoms with Gasteiger partial charge in [-0.1, -0.05) is 48.7 Å². The number of hydrogen-bond acceptors (Lipinski definition) is 2. The minimum atomic E-state index is -3.61. The second kappa shape index (κ2) is 7.11. The van der Waals surface area contributed by atoms with Crippen molar-refractivity contribution in [3.8, 4) is 12.0 Å². The minimum Gasteiger partial charge on any atom is -0.221 e. The van der Waals surface area contributed by atoms with E-state index in [1.54, 1.807) is 12.1 Å². The molecule has 24 heavy (non-hydrogen) atoms. The fourth-order valence-electron chi connectivity index (χ4n) is 2.95. The summed E-state index contributed by atoms with van der Waals surface area (Å²) in [5.41, 5.74) is 1.86. The first-order valence-corrected chi connectivity index (χ1v) is 9.69. The van der Waals surface area contributed by atoms with E-state index in [1.165, 1.54) is 4.31 Å². The summed E-state index contributed by atoms with van der Waals surface area (Å²) in [6.07, 6.45) is 3.85. The highest BCUT2D eigenvalue weighted by molar-refractivity contribution is 7.89. The molecular weight excluding hydrogens is 318 g/mol. The molecular formula is C20H21NO2S. The second-order valence-electron chi connectivity index (χ2n) is 6.16. The average Bonchev–Trinajstić information content (AvgIpc) is 3.10. The molecule has 0 atom stereocenters. The van der Waals surface area contributed by atoms with Crippen LogP contribution in [0.4, 0.5) is 0 Å². The van der Waals surface area contributed by atoms with Gasteiger partial charge in [0, 0.05) is 11.6 Å². The number of sulfonamides is 1. The normalized spacial score (nSPS) is 14.9. The van der Waals surface area contributed by atoms with Crippen LogP contribution in [0.5, 0.6) is 0 Å². The van der Waals surface area contributed by atoms with E-state index in [0.717, 1.165) is 36.8 Å². The van der Waals surface area contributed by atoms with E-state index in [1.807, 2.05) is 49.4 Å². The van der Waals surface area contributed by atoms with Gasteiger partial charge in [0.05, 0.1) is 10.9 Å². The van der Waals surface area contributed by atoms with E-state index in [9.17, 15) is 8.42 Å². The van der Waals surface area contributed by atoms with Crippen LogP contribution in [0.15, 0.2) is 59.5 Å². The van der Waals surface area contributed by atoms with Crippen LogP contribution in [-0.4, -0.2) is 18.8 Å². The van der Waals surface area contributed by atoms with Crippen molar-refractivity contribution in [1.82, 2.24) is 4.31 Å². The molecule has 3 nitrogen and oxygen atoms in total. The lowest BCUT2D eigenvalue weighted by atomic mass is 10.2. The fraction of sp³-hybridized carbons (Fsp3) is 0.300. The van der Waals surface area contributed by atoms with E-state index >= 15 is 0 Å². The van der Waals surface area contributed by atoms with Crippen LogP contribution in [0, 0.1) is 18.9 Å². The predicted molar refractivity (Wildman–Crippen MR) is 95.8 cm³/mol. The van der Waals surface area contributed by atoms with Gasteiger partial charge in [-0.2, -0.15) is 0 Å². The third-order valence-electron chi connectivity index (χ3n) is 4.32. The van der Waals surface area contributed by atoms with Crippen molar-refractivity contribution in [2.45, 2.75) is 43.5 Å². The molecule has 2 aromatic rings. The van der Waals surface area contributed by atoms with E-state index in [4.69, 9.17) is 0 Å². The molecule has 3 rings (SSSR count). The molecule has 1 saturated carbocycles. The molecule has 4 heteroatoms. The number of aryl methyl sites for hydroxylation is 1. The van der Waals surface area contributed by atoms with E-state index in [-0.39, 0.29) is 6.04 Å². The summed E-state index contributed by atoms with van der Waals surface area (Å²) in [4.78, 5) is 0.308. The van der Waals surface area contributed by atoms with Crippen LogP contribution in [0.2, 0.25) is 0 Å². The maximum Gasteiger partial charge on any atom is 0.271 e. The van der Waals surface area contributed by atoms with Gasteiger partial charge < -0.3 is 0 Å². The van der Waals surface area contributed by atoms with Crippen molar-refractivity contribution in [1.29, 1.82) is 0 Å². The Morgan fingerprint density at radius 2 is 1.58 bits per heavy atom. The molecule has 0 spiro atoms. The molecule has 1 aliphatic carbocycles. The summed E-state index contributed by atoms with van der Waals surface area (Å²) in [5, 5.41) is 0. The van der Waals surface area contributed by atoms with Crippen molar-refractivity contribution in [3.63, 3.8) is 0 Å². The number of rotatable bonds is 3.